The highest BCUT2D eigenvalue weighted by Crippen LogP contribution is 2.12. The molecule has 2 N–H and O–H groups in total. The molecule has 2 aliphatic heterocycles. The zero-order valence-electron chi connectivity index (χ0n) is 13.3. The van der Waals surface area contributed by atoms with Crippen molar-refractivity contribution in [2.75, 3.05) is 13.1 Å². The van der Waals surface area contributed by atoms with Gasteiger partial charge in [0.1, 0.15) is 13.1 Å². The van der Waals surface area contributed by atoms with Crippen LogP contribution >= 0.6 is 0 Å². The first-order valence-electron chi connectivity index (χ1n) is 7.43. The summed E-state index contributed by atoms with van der Waals surface area (Å²) in [5.74, 6) is -4.80. The maximum absolute atomic E-state index is 11.5. The maximum atomic E-state index is 11.5. The smallest absolute Gasteiger partial charge is 0.328 e. The van der Waals surface area contributed by atoms with E-state index in [0.29, 0.717) is 10.1 Å². The van der Waals surface area contributed by atoms with E-state index < -0.39 is 54.7 Å². The molecule has 0 radical (unpaired) electrons. The fourth-order valence-electron chi connectivity index (χ4n) is 1.95. The van der Waals surface area contributed by atoms with E-state index in [2.05, 4.69) is 9.68 Å². The molecule has 2 fully saturated rings. The summed E-state index contributed by atoms with van der Waals surface area (Å²) in [6, 6.07) is -0.961. The molecule has 0 aromatic heterocycles. The molecule has 0 aliphatic carbocycles. The van der Waals surface area contributed by atoms with Gasteiger partial charge in [-0.05, 0) is 0 Å². The summed E-state index contributed by atoms with van der Waals surface area (Å²) in [6.45, 7) is -1.36. The Morgan fingerprint density at radius 2 is 1.00 bits per heavy atom. The van der Waals surface area contributed by atoms with Gasteiger partial charge in [0.15, 0.2) is 0 Å². The monoisotopic (exact) mass is 370 g/mol. The molecule has 2 rings (SSSR count). The fraction of sp³-hybridized carbons (Fsp3) is 0.462. The Bertz CT molecular complexity index is 601. The van der Waals surface area contributed by atoms with Gasteiger partial charge in [0, 0.05) is 25.7 Å². The normalized spacial score (nSPS) is 16.8. The molecule has 13 heteroatoms. The van der Waals surface area contributed by atoms with E-state index in [4.69, 9.17) is 0 Å². The van der Waals surface area contributed by atoms with Crippen LogP contribution in [0.5, 0.6) is 0 Å². The highest BCUT2D eigenvalue weighted by molar-refractivity contribution is 6.02. The van der Waals surface area contributed by atoms with Crippen molar-refractivity contribution in [1.29, 1.82) is 0 Å². The molecule has 13 nitrogen and oxygen atoms in total. The van der Waals surface area contributed by atoms with Gasteiger partial charge in [-0.2, -0.15) is 0 Å². The van der Waals surface area contributed by atoms with E-state index >= 15 is 0 Å². The van der Waals surface area contributed by atoms with Crippen LogP contribution in [0.1, 0.15) is 25.7 Å². The van der Waals surface area contributed by atoms with E-state index in [1.54, 1.807) is 0 Å². The second-order valence-corrected chi connectivity index (χ2v) is 5.13. The first-order chi connectivity index (χ1) is 12.3. The summed E-state index contributed by atoms with van der Waals surface area (Å²) >= 11 is 0. The quantitative estimate of drug-likeness (QED) is 0.480. The number of imide groups is 2. The molecule has 140 valence electrons. The molecule has 0 aromatic rings. The van der Waals surface area contributed by atoms with Crippen LogP contribution in [0.15, 0.2) is 0 Å². The number of carbonyl (C=O) groups is 7. The standard InChI is InChI=1S/C13H14N4O9/c18-7-1-2-8(19)16(7)25-11(22)5-14-13(24)15-6-12(23)26-17-9(20)3-4-10(17)21/h1-6H2,(H2,14,15,24). The Kier molecular flexibility index (Phi) is 5.82. The predicted octanol–water partition coefficient (Wildman–Crippen LogP) is -2.50. The number of urea groups is 1. The molecular weight excluding hydrogens is 356 g/mol. The third-order valence-corrected chi connectivity index (χ3v) is 3.18. The number of nitrogens with zero attached hydrogens (tertiary/aromatic N) is 2. The summed E-state index contributed by atoms with van der Waals surface area (Å²) in [6.07, 6.45) is -0.261. The Balaban J connectivity index is 1.65. The Labute approximate surface area is 145 Å². The summed E-state index contributed by atoms with van der Waals surface area (Å²) in [7, 11) is 0. The van der Waals surface area contributed by atoms with E-state index in [-0.39, 0.29) is 25.7 Å². The first-order valence-corrected chi connectivity index (χ1v) is 7.43. The van der Waals surface area contributed by atoms with Gasteiger partial charge in [-0.1, -0.05) is 0 Å². The lowest BCUT2D eigenvalue weighted by Gasteiger charge is -2.14. The third kappa shape index (κ3) is 4.75. The molecule has 0 atom stereocenters. The summed E-state index contributed by atoms with van der Waals surface area (Å²) < 4.78 is 0. The molecular formula is C13H14N4O9. The minimum atomic E-state index is -1.07. The summed E-state index contributed by atoms with van der Waals surface area (Å²) in [5.41, 5.74) is 0. The van der Waals surface area contributed by atoms with Gasteiger partial charge in [0.25, 0.3) is 23.6 Å². The van der Waals surface area contributed by atoms with Gasteiger partial charge in [0.05, 0.1) is 0 Å². The number of nitrogens with one attached hydrogen (secondary N) is 2. The molecule has 6 amide bonds. The lowest BCUT2D eigenvalue weighted by atomic mass is 10.4. The van der Waals surface area contributed by atoms with Crippen molar-refractivity contribution < 1.29 is 43.2 Å². The number of rotatable bonds is 6. The van der Waals surface area contributed by atoms with Gasteiger partial charge in [-0.3, -0.25) is 19.2 Å². The second kappa shape index (κ2) is 8.04. The highest BCUT2D eigenvalue weighted by atomic mass is 16.7. The largest absolute Gasteiger partial charge is 0.352 e. The molecule has 0 unspecified atom stereocenters. The predicted molar refractivity (Wildman–Crippen MR) is 75.8 cm³/mol. The fourth-order valence-corrected chi connectivity index (χ4v) is 1.95. The van der Waals surface area contributed by atoms with Crippen molar-refractivity contribution in [2.45, 2.75) is 25.7 Å². The van der Waals surface area contributed by atoms with E-state index in [0.717, 1.165) is 0 Å². The van der Waals surface area contributed by atoms with Gasteiger partial charge >= 0.3 is 18.0 Å². The van der Waals surface area contributed by atoms with Crippen molar-refractivity contribution in [3.8, 4) is 0 Å². The van der Waals surface area contributed by atoms with Crippen LogP contribution in [0.3, 0.4) is 0 Å². The second-order valence-electron chi connectivity index (χ2n) is 5.13. The number of hydroxylamine groups is 4. The van der Waals surface area contributed by atoms with Crippen molar-refractivity contribution in [3.63, 3.8) is 0 Å². The Morgan fingerprint density at radius 3 is 1.31 bits per heavy atom. The van der Waals surface area contributed by atoms with Crippen molar-refractivity contribution in [1.82, 2.24) is 20.8 Å². The average Bonchev–Trinajstić information content (AvgIpc) is 3.08. The lowest BCUT2D eigenvalue weighted by Crippen LogP contribution is -2.44. The molecule has 0 spiro atoms. The van der Waals surface area contributed by atoms with Crippen LogP contribution in [0.25, 0.3) is 0 Å². The topological polar surface area (TPSA) is 168 Å². The third-order valence-electron chi connectivity index (χ3n) is 3.18. The lowest BCUT2D eigenvalue weighted by molar-refractivity contribution is -0.196. The van der Waals surface area contributed by atoms with Crippen LogP contribution < -0.4 is 10.6 Å². The van der Waals surface area contributed by atoms with Crippen LogP contribution in [-0.2, 0) is 38.4 Å². The van der Waals surface area contributed by atoms with Crippen molar-refractivity contribution >= 4 is 41.6 Å². The van der Waals surface area contributed by atoms with Gasteiger partial charge in [-0.25, -0.2) is 14.4 Å². The van der Waals surface area contributed by atoms with E-state index in [1.807, 2.05) is 10.6 Å². The zero-order valence-corrected chi connectivity index (χ0v) is 13.3. The Hall–Kier alpha value is -3.51. The number of amides is 6. The van der Waals surface area contributed by atoms with E-state index in [9.17, 15) is 33.6 Å². The van der Waals surface area contributed by atoms with Crippen LogP contribution in [0, 0.1) is 0 Å². The molecule has 26 heavy (non-hydrogen) atoms. The van der Waals surface area contributed by atoms with Crippen LogP contribution in [0.4, 0.5) is 4.79 Å². The van der Waals surface area contributed by atoms with Crippen molar-refractivity contribution in [3.05, 3.63) is 0 Å². The number of hydrogen-bond acceptors (Lipinski definition) is 9. The molecule has 0 aromatic carbocycles. The zero-order chi connectivity index (χ0) is 19.3. The van der Waals surface area contributed by atoms with Crippen LogP contribution in [-0.4, -0.2) is 64.8 Å². The molecule has 0 saturated carbocycles. The van der Waals surface area contributed by atoms with Gasteiger partial charge in [-0.15, -0.1) is 10.1 Å². The number of hydrogen-bond donors (Lipinski definition) is 2. The highest BCUT2D eigenvalue weighted by Gasteiger charge is 2.33. The maximum Gasteiger partial charge on any atom is 0.352 e. The molecule has 2 heterocycles. The van der Waals surface area contributed by atoms with Crippen LogP contribution in [0.2, 0.25) is 0 Å². The van der Waals surface area contributed by atoms with Crippen molar-refractivity contribution in [2.24, 2.45) is 0 Å². The number of carbonyl (C=O) groups excluding carboxylic acids is 7. The summed E-state index contributed by atoms with van der Waals surface area (Å²) in [4.78, 5) is 88.4. The first kappa shape index (κ1) is 18.8. The summed E-state index contributed by atoms with van der Waals surface area (Å²) in [5, 5.41) is 4.69. The Morgan fingerprint density at radius 1 is 0.692 bits per heavy atom. The SMILES string of the molecule is O=C(NCC(=O)ON1C(=O)CCC1=O)NCC(=O)ON1C(=O)CCC1=O. The average molecular weight is 370 g/mol. The molecule has 0 bridgehead atoms. The van der Waals surface area contributed by atoms with Gasteiger partial charge in [0.2, 0.25) is 0 Å². The molecule has 2 saturated heterocycles. The van der Waals surface area contributed by atoms with Gasteiger partial charge < -0.3 is 20.3 Å². The van der Waals surface area contributed by atoms with E-state index in [1.165, 1.54) is 0 Å². The minimum Gasteiger partial charge on any atom is -0.328 e. The minimum absolute atomic E-state index is 0.0653. The molecule has 2 aliphatic rings.